The second-order valence-corrected chi connectivity index (χ2v) is 7.20. The largest absolute Gasteiger partial charge is 0.381 e. The molecule has 0 radical (unpaired) electrons. The highest BCUT2D eigenvalue weighted by molar-refractivity contribution is 6.07. The second-order valence-electron chi connectivity index (χ2n) is 7.20. The van der Waals surface area contributed by atoms with Crippen molar-refractivity contribution in [1.29, 1.82) is 0 Å². The molecule has 2 aromatic rings. The summed E-state index contributed by atoms with van der Waals surface area (Å²) in [6, 6.07) is 7.28. The Balaban J connectivity index is 1.74. The second kappa shape index (κ2) is 8.10. The van der Waals surface area contributed by atoms with E-state index in [0.717, 1.165) is 55.3 Å². The van der Waals surface area contributed by atoms with Gasteiger partial charge in [0.1, 0.15) is 0 Å². The Morgan fingerprint density at radius 3 is 2.89 bits per heavy atom. The average Bonchev–Trinajstić information content (AvgIpc) is 3.36. The van der Waals surface area contributed by atoms with Crippen LogP contribution in [0.2, 0.25) is 0 Å². The van der Waals surface area contributed by atoms with Crippen LogP contribution in [-0.2, 0) is 16.1 Å². The first kappa shape index (κ1) is 18.6. The summed E-state index contributed by atoms with van der Waals surface area (Å²) in [6.45, 7) is 4.66. The number of carbonyl (C=O) groups is 2. The number of benzene rings is 1. The molecule has 0 bridgehead atoms. The molecule has 8 heteroatoms. The van der Waals surface area contributed by atoms with Gasteiger partial charge < -0.3 is 4.74 Å². The molecule has 1 N–H and O–H groups in total. The maximum atomic E-state index is 12.4. The number of amides is 3. The fourth-order valence-corrected chi connectivity index (χ4v) is 3.63. The molecule has 1 aromatic carbocycles. The van der Waals surface area contributed by atoms with Gasteiger partial charge in [0.25, 0.3) is 0 Å². The lowest BCUT2D eigenvalue weighted by atomic mass is 10.1. The molecule has 2 aliphatic heterocycles. The molecule has 2 saturated heterocycles. The number of ether oxygens (including phenoxy) is 1. The van der Waals surface area contributed by atoms with Gasteiger partial charge in [-0.1, -0.05) is 25.5 Å². The maximum Gasteiger partial charge on any atom is 0.328 e. The topological polar surface area (TPSA) is 89.3 Å². The van der Waals surface area contributed by atoms with Crippen molar-refractivity contribution in [2.45, 2.75) is 45.1 Å². The SMILES string of the molecule is CCCCn1nc(C2CCOC2)nc1-c1ccccc1N1CCC(=O)NC1=O. The Labute approximate surface area is 163 Å². The van der Waals surface area contributed by atoms with Crippen LogP contribution in [0.3, 0.4) is 0 Å². The zero-order chi connectivity index (χ0) is 19.5. The molecular formula is C20H25N5O3. The van der Waals surface area contributed by atoms with Crippen molar-refractivity contribution in [3.63, 3.8) is 0 Å². The number of aryl methyl sites for hydroxylation is 1. The van der Waals surface area contributed by atoms with E-state index in [-0.39, 0.29) is 18.2 Å². The van der Waals surface area contributed by atoms with Gasteiger partial charge in [-0.2, -0.15) is 5.10 Å². The van der Waals surface area contributed by atoms with Crippen LogP contribution in [0.15, 0.2) is 24.3 Å². The van der Waals surface area contributed by atoms with E-state index in [2.05, 4.69) is 12.2 Å². The Morgan fingerprint density at radius 2 is 2.14 bits per heavy atom. The van der Waals surface area contributed by atoms with Gasteiger partial charge in [0.2, 0.25) is 5.91 Å². The van der Waals surface area contributed by atoms with Crippen molar-refractivity contribution >= 4 is 17.6 Å². The summed E-state index contributed by atoms with van der Waals surface area (Å²) in [6.07, 6.45) is 3.26. The van der Waals surface area contributed by atoms with Gasteiger partial charge in [-0.05, 0) is 25.0 Å². The summed E-state index contributed by atoms with van der Waals surface area (Å²) in [5, 5.41) is 7.17. The van der Waals surface area contributed by atoms with Crippen LogP contribution in [0.1, 0.15) is 44.3 Å². The van der Waals surface area contributed by atoms with Crippen LogP contribution in [0.25, 0.3) is 11.4 Å². The summed E-state index contributed by atoms with van der Waals surface area (Å²) in [5.41, 5.74) is 1.59. The van der Waals surface area contributed by atoms with E-state index in [1.807, 2.05) is 28.9 Å². The van der Waals surface area contributed by atoms with Gasteiger partial charge in [0, 0.05) is 37.6 Å². The van der Waals surface area contributed by atoms with Crippen LogP contribution < -0.4 is 10.2 Å². The number of rotatable bonds is 6. The van der Waals surface area contributed by atoms with Crippen LogP contribution in [-0.4, -0.2) is 46.5 Å². The van der Waals surface area contributed by atoms with Crippen LogP contribution in [0.4, 0.5) is 10.5 Å². The molecule has 1 unspecified atom stereocenters. The van der Waals surface area contributed by atoms with Gasteiger partial charge in [-0.15, -0.1) is 0 Å². The molecule has 3 heterocycles. The third-order valence-electron chi connectivity index (χ3n) is 5.20. The van der Waals surface area contributed by atoms with Crippen LogP contribution in [0.5, 0.6) is 0 Å². The molecule has 148 valence electrons. The molecular weight excluding hydrogens is 358 g/mol. The number of aromatic nitrogens is 3. The minimum Gasteiger partial charge on any atom is -0.381 e. The van der Waals surface area contributed by atoms with Crippen molar-refractivity contribution in [2.75, 3.05) is 24.7 Å². The minimum atomic E-state index is -0.396. The van der Waals surface area contributed by atoms with E-state index >= 15 is 0 Å². The number of carbonyl (C=O) groups excluding carboxylic acids is 2. The molecule has 2 fully saturated rings. The first-order chi connectivity index (χ1) is 13.7. The number of hydrogen-bond acceptors (Lipinski definition) is 5. The van der Waals surface area contributed by atoms with Crippen LogP contribution >= 0.6 is 0 Å². The molecule has 8 nitrogen and oxygen atoms in total. The van der Waals surface area contributed by atoms with E-state index < -0.39 is 6.03 Å². The first-order valence-corrected chi connectivity index (χ1v) is 9.90. The lowest BCUT2D eigenvalue weighted by molar-refractivity contribution is -0.120. The summed E-state index contributed by atoms with van der Waals surface area (Å²) >= 11 is 0. The van der Waals surface area contributed by atoms with Gasteiger partial charge in [-0.25, -0.2) is 14.5 Å². The third-order valence-corrected chi connectivity index (χ3v) is 5.20. The molecule has 2 aliphatic rings. The summed E-state index contributed by atoms with van der Waals surface area (Å²) in [4.78, 5) is 30.4. The fourth-order valence-electron chi connectivity index (χ4n) is 3.63. The summed E-state index contributed by atoms with van der Waals surface area (Å²) in [5.74, 6) is 1.53. The molecule has 0 spiro atoms. The van der Waals surface area contributed by atoms with Crippen molar-refractivity contribution in [1.82, 2.24) is 20.1 Å². The maximum absolute atomic E-state index is 12.4. The predicted molar refractivity (Wildman–Crippen MR) is 104 cm³/mol. The van der Waals surface area contributed by atoms with Crippen LogP contribution in [0, 0.1) is 0 Å². The van der Waals surface area contributed by atoms with Gasteiger partial charge in [0.15, 0.2) is 11.6 Å². The number of para-hydroxylation sites is 1. The van der Waals surface area contributed by atoms with E-state index in [0.29, 0.717) is 13.2 Å². The van der Waals surface area contributed by atoms with Crippen molar-refractivity contribution in [3.05, 3.63) is 30.1 Å². The molecule has 28 heavy (non-hydrogen) atoms. The Hall–Kier alpha value is -2.74. The van der Waals surface area contributed by atoms with E-state index in [1.54, 1.807) is 4.90 Å². The Kier molecular flexibility index (Phi) is 5.38. The number of imide groups is 1. The van der Waals surface area contributed by atoms with E-state index in [9.17, 15) is 9.59 Å². The molecule has 0 saturated carbocycles. The van der Waals surface area contributed by atoms with E-state index in [4.69, 9.17) is 14.8 Å². The lowest BCUT2D eigenvalue weighted by Crippen LogP contribution is -2.49. The minimum absolute atomic E-state index is 0.213. The third kappa shape index (κ3) is 3.64. The van der Waals surface area contributed by atoms with Crippen molar-refractivity contribution in [2.24, 2.45) is 0 Å². The average molecular weight is 383 g/mol. The number of nitrogens with zero attached hydrogens (tertiary/aromatic N) is 4. The molecule has 1 aromatic heterocycles. The summed E-state index contributed by atoms with van der Waals surface area (Å²) in [7, 11) is 0. The smallest absolute Gasteiger partial charge is 0.328 e. The molecule has 4 rings (SSSR count). The molecule has 1 atom stereocenters. The zero-order valence-corrected chi connectivity index (χ0v) is 16.1. The molecule has 3 amide bonds. The first-order valence-electron chi connectivity index (χ1n) is 9.90. The van der Waals surface area contributed by atoms with Gasteiger partial charge in [0.05, 0.1) is 12.3 Å². The standard InChI is InChI=1S/C20H25N5O3/c1-2-3-10-25-19(22-18(23-25)14-9-12-28-13-14)15-6-4-5-7-16(15)24-11-8-17(26)21-20(24)27/h4-7,14H,2-3,8-13H2,1H3,(H,21,26,27). The Morgan fingerprint density at radius 1 is 1.29 bits per heavy atom. The highest BCUT2D eigenvalue weighted by Crippen LogP contribution is 2.33. The van der Waals surface area contributed by atoms with Crippen molar-refractivity contribution in [3.8, 4) is 11.4 Å². The predicted octanol–water partition coefficient (Wildman–Crippen LogP) is 2.70. The fraction of sp³-hybridized carbons (Fsp3) is 0.500. The number of hydrogen-bond donors (Lipinski definition) is 1. The molecule has 0 aliphatic carbocycles. The zero-order valence-electron chi connectivity index (χ0n) is 16.1. The Bertz CT molecular complexity index is 872. The number of unbranched alkanes of at least 4 members (excludes halogenated alkanes) is 1. The quantitative estimate of drug-likeness (QED) is 0.828. The number of urea groups is 1. The highest BCUT2D eigenvalue weighted by atomic mass is 16.5. The summed E-state index contributed by atoms with van der Waals surface area (Å²) < 4.78 is 7.46. The monoisotopic (exact) mass is 383 g/mol. The normalized spacial score (nSPS) is 19.9. The highest BCUT2D eigenvalue weighted by Gasteiger charge is 2.29. The van der Waals surface area contributed by atoms with Crippen molar-refractivity contribution < 1.29 is 14.3 Å². The van der Waals surface area contributed by atoms with E-state index in [1.165, 1.54) is 0 Å². The van der Waals surface area contributed by atoms with Gasteiger partial charge in [-0.3, -0.25) is 15.0 Å². The number of anilines is 1. The number of nitrogens with one attached hydrogen (secondary N) is 1. The van der Waals surface area contributed by atoms with Gasteiger partial charge >= 0.3 is 6.03 Å². The lowest BCUT2D eigenvalue weighted by Gasteiger charge is -2.28.